The Morgan fingerprint density at radius 2 is 1.58 bits per heavy atom. The number of fused-ring (bicyclic) bond motifs is 1. The fourth-order valence-corrected chi connectivity index (χ4v) is 4.22. The second kappa shape index (κ2) is 11.3. The Morgan fingerprint density at radius 3 is 2.33 bits per heavy atom. The number of hydrogen-bond acceptors (Lipinski definition) is 7. The number of hydrogen-bond donors (Lipinski definition) is 2. The summed E-state index contributed by atoms with van der Waals surface area (Å²) >= 11 is 0. The molecule has 10 heteroatoms. The standard InChI is InChI=1S/C26H22N4O5S/c31-25(15-14-21-18-27-23-8-4-5-9-24(23)29-21)19-10-12-20(13-11-19)30-26(32)35-17-16-28-36(33,34)22-6-2-1-3-7-22/h1-15,18,28H,16-17H2,(H,30,32)/b15-14+. The fourth-order valence-electron chi connectivity index (χ4n) is 3.18. The Bertz CT molecular complexity index is 1500. The van der Waals surface area contributed by atoms with Gasteiger partial charge in [0.2, 0.25) is 10.0 Å². The van der Waals surface area contributed by atoms with E-state index >= 15 is 0 Å². The number of benzene rings is 3. The molecular formula is C26H22N4O5S. The molecule has 9 nitrogen and oxygen atoms in total. The zero-order valence-corrected chi connectivity index (χ0v) is 19.8. The van der Waals surface area contributed by atoms with Crippen molar-refractivity contribution < 1.29 is 22.7 Å². The highest BCUT2D eigenvalue weighted by Crippen LogP contribution is 2.13. The van der Waals surface area contributed by atoms with Crippen LogP contribution in [-0.2, 0) is 14.8 Å². The van der Waals surface area contributed by atoms with E-state index in [2.05, 4.69) is 20.0 Å². The van der Waals surface area contributed by atoms with Crippen LogP contribution in [0.4, 0.5) is 10.5 Å². The monoisotopic (exact) mass is 502 g/mol. The minimum atomic E-state index is -3.67. The Morgan fingerprint density at radius 1 is 0.889 bits per heavy atom. The molecule has 0 spiro atoms. The number of nitrogens with zero attached hydrogens (tertiary/aromatic N) is 2. The summed E-state index contributed by atoms with van der Waals surface area (Å²) in [6.07, 6.45) is 3.85. The summed E-state index contributed by atoms with van der Waals surface area (Å²) in [4.78, 5) is 33.3. The maximum absolute atomic E-state index is 12.5. The SMILES string of the molecule is O=C(Nc1ccc(C(=O)/C=C/c2cnc3ccccc3n2)cc1)OCCNS(=O)(=O)c1ccccc1. The van der Waals surface area contributed by atoms with Gasteiger partial charge in [0, 0.05) is 17.8 Å². The Balaban J connectivity index is 1.24. The molecule has 4 aromatic rings. The van der Waals surface area contributed by atoms with Gasteiger partial charge in [0.1, 0.15) is 6.61 Å². The van der Waals surface area contributed by atoms with E-state index in [1.165, 1.54) is 18.2 Å². The van der Waals surface area contributed by atoms with Crippen molar-refractivity contribution in [1.29, 1.82) is 0 Å². The van der Waals surface area contributed by atoms with Crippen molar-refractivity contribution in [3.05, 3.63) is 102 Å². The van der Waals surface area contributed by atoms with Crippen LogP contribution in [0.1, 0.15) is 16.1 Å². The molecule has 0 saturated carbocycles. The number of sulfonamides is 1. The van der Waals surface area contributed by atoms with E-state index in [4.69, 9.17) is 4.74 Å². The quantitative estimate of drug-likeness (QED) is 0.201. The van der Waals surface area contributed by atoms with Crippen molar-refractivity contribution in [2.75, 3.05) is 18.5 Å². The molecule has 0 aliphatic rings. The number of carbonyl (C=O) groups is 2. The number of rotatable bonds is 9. The molecule has 2 N–H and O–H groups in total. The van der Waals surface area contributed by atoms with Crippen LogP contribution in [0.5, 0.6) is 0 Å². The van der Waals surface area contributed by atoms with E-state index in [1.807, 2.05) is 24.3 Å². The molecule has 0 aliphatic heterocycles. The molecule has 1 heterocycles. The van der Waals surface area contributed by atoms with Crippen LogP contribution >= 0.6 is 0 Å². The maximum Gasteiger partial charge on any atom is 0.411 e. The largest absolute Gasteiger partial charge is 0.448 e. The molecule has 3 aromatic carbocycles. The van der Waals surface area contributed by atoms with Gasteiger partial charge in [-0.15, -0.1) is 0 Å². The predicted octanol–water partition coefficient (Wildman–Crippen LogP) is 4.05. The molecule has 36 heavy (non-hydrogen) atoms. The lowest BCUT2D eigenvalue weighted by Gasteiger charge is -2.09. The highest BCUT2D eigenvalue weighted by molar-refractivity contribution is 7.89. The number of allylic oxidation sites excluding steroid dienone is 1. The topological polar surface area (TPSA) is 127 Å². The van der Waals surface area contributed by atoms with Gasteiger partial charge >= 0.3 is 6.09 Å². The number of ether oxygens (including phenoxy) is 1. The third kappa shape index (κ3) is 6.59. The van der Waals surface area contributed by atoms with E-state index < -0.39 is 16.1 Å². The first kappa shape index (κ1) is 24.7. The van der Waals surface area contributed by atoms with E-state index in [0.29, 0.717) is 16.9 Å². The molecule has 0 fully saturated rings. The molecule has 4 rings (SSSR count). The molecule has 0 bridgehead atoms. The van der Waals surface area contributed by atoms with Crippen LogP contribution in [-0.4, -0.2) is 43.4 Å². The number of anilines is 1. The lowest BCUT2D eigenvalue weighted by atomic mass is 10.1. The van der Waals surface area contributed by atoms with Crippen LogP contribution in [0.25, 0.3) is 17.1 Å². The van der Waals surface area contributed by atoms with Gasteiger partial charge in [-0.2, -0.15) is 0 Å². The Labute approximate surface area is 207 Å². The van der Waals surface area contributed by atoms with Gasteiger partial charge in [0.15, 0.2) is 5.78 Å². The van der Waals surface area contributed by atoms with Gasteiger partial charge in [0.05, 0.1) is 27.8 Å². The Kier molecular flexibility index (Phi) is 7.79. The van der Waals surface area contributed by atoms with E-state index in [-0.39, 0.29) is 23.8 Å². The zero-order valence-electron chi connectivity index (χ0n) is 19.0. The van der Waals surface area contributed by atoms with Gasteiger partial charge < -0.3 is 4.74 Å². The van der Waals surface area contributed by atoms with Gasteiger partial charge in [-0.3, -0.25) is 15.1 Å². The maximum atomic E-state index is 12.5. The third-order valence-corrected chi connectivity index (χ3v) is 6.45. The number of para-hydroxylation sites is 2. The summed E-state index contributed by atoms with van der Waals surface area (Å²) in [6.45, 7) is -0.233. The summed E-state index contributed by atoms with van der Waals surface area (Å²) in [5.74, 6) is -0.232. The van der Waals surface area contributed by atoms with Crippen molar-refractivity contribution >= 4 is 44.7 Å². The number of ketones is 1. The van der Waals surface area contributed by atoms with Crippen LogP contribution in [0.15, 0.2) is 96.0 Å². The minimum absolute atomic E-state index is 0.0774. The van der Waals surface area contributed by atoms with Crippen LogP contribution in [0, 0.1) is 0 Å². The van der Waals surface area contributed by atoms with Crippen molar-refractivity contribution in [2.24, 2.45) is 0 Å². The lowest BCUT2D eigenvalue weighted by molar-refractivity contribution is 0.104. The molecule has 182 valence electrons. The average Bonchev–Trinajstić information content (AvgIpc) is 2.90. The molecule has 0 radical (unpaired) electrons. The average molecular weight is 503 g/mol. The number of amides is 1. The third-order valence-electron chi connectivity index (χ3n) is 4.97. The van der Waals surface area contributed by atoms with Crippen LogP contribution in [0.2, 0.25) is 0 Å². The second-order valence-electron chi connectivity index (χ2n) is 7.53. The van der Waals surface area contributed by atoms with Crippen molar-refractivity contribution in [1.82, 2.24) is 14.7 Å². The van der Waals surface area contributed by atoms with Gasteiger partial charge in [-0.1, -0.05) is 30.3 Å². The molecular weight excluding hydrogens is 480 g/mol. The van der Waals surface area contributed by atoms with Crippen LogP contribution in [0.3, 0.4) is 0 Å². The predicted molar refractivity (Wildman–Crippen MR) is 136 cm³/mol. The summed E-state index contributed by atoms with van der Waals surface area (Å²) < 4.78 is 31.6. The van der Waals surface area contributed by atoms with Crippen molar-refractivity contribution in [3.63, 3.8) is 0 Å². The normalized spacial score (nSPS) is 11.4. The first-order valence-electron chi connectivity index (χ1n) is 10.9. The fraction of sp³-hybridized carbons (Fsp3) is 0.0769. The minimum Gasteiger partial charge on any atom is -0.448 e. The summed E-state index contributed by atoms with van der Waals surface area (Å²) in [6, 6.07) is 21.6. The van der Waals surface area contributed by atoms with E-state index in [0.717, 1.165) is 11.0 Å². The highest BCUT2D eigenvalue weighted by Gasteiger charge is 2.13. The molecule has 1 aromatic heterocycles. The smallest absolute Gasteiger partial charge is 0.411 e. The second-order valence-corrected chi connectivity index (χ2v) is 9.30. The van der Waals surface area contributed by atoms with E-state index in [1.54, 1.807) is 54.7 Å². The molecule has 0 aliphatic carbocycles. The van der Waals surface area contributed by atoms with Gasteiger partial charge in [0.25, 0.3) is 0 Å². The van der Waals surface area contributed by atoms with Gasteiger partial charge in [-0.05, 0) is 60.7 Å². The summed E-state index contributed by atoms with van der Waals surface area (Å²) in [5.41, 5.74) is 2.92. The number of aromatic nitrogens is 2. The molecule has 1 amide bonds. The van der Waals surface area contributed by atoms with E-state index in [9.17, 15) is 18.0 Å². The first-order chi connectivity index (χ1) is 17.4. The zero-order chi connectivity index (χ0) is 25.4. The summed E-state index contributed by atoms with van der Waals surface area (Å²) in [5, 5.41) is 2.53. The number of carbonyl (C=O) groups excluding carboxylic acids is 2. The highest BCUT2D eigenvalue weighted by atomic mass is 32.2. The number of nitrogens with one attached hydrogen (secondary N) is 2. The summed E-state index contributed by atoms with van der Waals surface area (Å²) in [7, 11) is -3.67. The van der Waals surface area contributed by atoms with Crippen LogP contribution < -0.4 is 10.0 Å². The van der Waals surface area contributed by atoms with Crippen molar-refractivity contribution in [3.8, 4) is 0 Å². The molecule has 0 atom stereocenters. The lowest BCUT2D eigenvalue weighted by Crippen LogP contribution is -2.29. The molecule has 0 saturated heterocycles. The Hall–Kier alpha value is -4.41. The first-order valence-corrected chi connectivity index (χ1v) is 12.4. The van der Waals surface area contributed by atoms with Crippen molar-refractivity contribution in [2.45, 2.75) is 4.90 Å². The van der Waals surface area contributed by atoms with Gasteiger partial charge in [-0.25, -0.2) is 22.9 Å². The molecule has 0 unspecified atom stereocenters.